The van der Waals surface area contributed by atoms with E-state index >= 15 is 0 Å². The van der Waals surface area contributed by atoms with Gasteiger partial charge in [-0.3, -0.25) is 0 Å². The Balaban J connectivity index is 2.79. The fourth-order valence-electron chi connectivity index (χ4n) is 1.24. The summed E-state index contributed by atoms with van der Waals surface area (Å²) in [5.41, 5.74) is 0.384. The highest BCUT2D eigenvalue weighted by Crippen LogP contribution is 2.13. The zero-order chi connectivity index (χ0) is 10.7. The highest BCUT2D eigenvalue weighted by molar-refractivity contribution is 14.1. The number of halogens is 1. The zero-order valence-corrected chi connectivity index (χ0v) is 10.5. The van der Waals surface area contributed by atoms with Crippen molar-refractivity contribution in [2.24, 2.45) is 5.92 Å². The SMILES string of the molecule is CC(C)CCn1cc(I)cc1C(=O)O. The minimum absolute atomic E-state index is 0.384. The lowest BCUT2D eigenvalue weighted by atomic mass is 10.1. The van der Waals surface area contributed by atoms with Gasteiger partial charge in [-0.15, -0.1) is 0 Å². The zero-order valence-electron chi connectivity index (χ0n) is 8.33. The lowest BCUT2D eigenvalue weighted by molar-refractivity contribution is 0.0684. The molecule has 0 spiro atoms. The summed E-state index contributed by atoms with van der Waals surface area (Å²) in [6.07, 6.45) is 2.89. The van der Waals surface area contributed by atoms with Crippen LogP contribution in [0.4, 0.5) is 0 Å². The summed E-state index contributed by atoms with van der Waals surface area (Å²) in [6, 6.07) is 1.70. The minimum atomic E-state index is -0.850. The van der Waals surface area contributed by atoms with Crippen LogP contribution in [0.15, 0.2) is 12.3 Å². The van der Waals surface area contributed by atoms with Gasteiger partial charge in [0.15, 0.2) is 0 Å². The molecule has 1 aromatic rings. The molecule has 0 aromatic carbocycles. The molecule has 1 aromatic heterocycles. The Bertz CT molecular complexity index is 331. The van der Waals surface area contributed by atoms with E-state index in [-0.39, 0.29) is 0 Å². The van der Waals surface area contributed by atoms with Crippen LogP contribution in [0.1, 0.15) is 30.8 Å². The Morgan fingerprint density at radius 1 is 1.64 bits per heavy atom. The average Bonchev–Trinajstić information content (AvgIpc) is 2.43. The van der Waals surface area contributed by atoms with Gasteiger partial charge in [0, 0.05) is 16.3 Å². The topological polar surface area (TPSA) is 42.2 Å². The lowest BCUT2D eigenvalue weighted by Crippen LogP contribution is -2.08. The van der Waals surface area contributed by atoms with Crippen molar-refractivity contribution in [2.45, 2.75) is 26.8 Å². The summed E-state index contributed by atoms with van der Waals surface area (Å²) < 4.78 is 2.79. The molecular weight excluding hydrogens is 293 g/mol. The molecule has 1 N–H and O–H groups in total. The maximum atomic E-state index is 10.9. The molecule has 0 aliphatic heterocycles. The number of carbonyl (C=O) groups is 1. The number of aryl methyl sites for hydroxylation is 1. The molecule has 1 heterocycles. The predicted molar refractivity (Wildman–Crippen MR) is 63.6 cm³/mol. The molecule has 0 fully saturated rings. The summed E-state index contributed by atoms with van der Waals surface area (Å²) in [6.45, 7) is 5.05. The third-order valence-corrected chi connectivity index (χ3v) is 2.62. The largest absolute Gasteiger partial charge is 0.477 e. The summed E-state index contributed by atoms with van der Waals surface area (Å²) >= 11 is 2.13. The van der Waals surface area contributed by atoms with Gasteiger partial charge in [0.25, 0.3) is 0 Å². The Morgan fingerprint density at radius 3 is 2.79 bits per heavy atom. The van der Waals surface area contributed by atoms with Gasteiger partial charge in [0.05, 0.1) is 0 Å². The van der Waals surface area contributed by atoms with E-state index in [4.69, 9.17) is 5.11 Å². The average molecular weight is 307 g/mol. The van der Waals surface area contributed by atoms with E-state index in [9.17, 15) is 4.79 Å². The molecule has 0 amide bonds. The highest BCUT2D eigenvalue weighted by Gasteiger charge is 2.11. The molecule has 0 saturated carbocycles. The van der Waals surface area contributed by atoms with Crippen LogP contribution in [0.25, 0.3) is 0 Å². The number of rotatable bonds is 4. The lowest BCUT2D eigenvalue weighted by Gasteiger charge is -2.07. The van der Waals surface area contributed by atoms with Gasteiger partial charge in [-0.1, -0.05) is 13.8 Å². The Hall–Kier alpha value is -0.520. The molecule has 0 radical (unpaired) electrons. The van der Waals surface area contributed by atoms with Crippen LogP contribution < -0.4 is 0 Å². The third kappa shape index (κ3) is 3.01. The second kappa shape index (κ2) is 4.82. The van der Waals surface area contributed by atoms with E-state index in [1.54, 1.807) is 6.07 Å². The smallest absolute Gasteiger partial charge is 0.352 e. The van der Waals surface area contributed by atoms with Gasteiger partial charge < -0.3 is 9.67 Å². The molecule has 0 bridgehead atoms. The first-order valence-corrected chi connectivity index (χ1v) is 5.67. The fraction of sp³-hybridized carbons (Fsp3) is 0.500. The molecule has 0 aliphatic rings. The minimum Gasteiger partial charge on any atom is -0.477 e. The fourth-order valence-corrected chi connectivity index (χ4v) is 1.87. The number of aromatic carboxylic acids is 1. The van der Waals surface area contributed by atoms with E-state index < -0.39 is 5.97 Å². The van der Waals surface area contributed by atoms with Crippen LogP contribution in [0.3, 0.4) is 0 Å². The van der Waals surface area contributed by atoms with Gasteiger partial charge in [0.2, 0.25) is 0 Å². The van der Waals surface area contributed by atoms with E-state index in [0.717, 1.165) is 16.5 Å². The second-order valence-electron chi connectivity index (χ2n) is 3.72. The van der Waals surface area contributed by atoms with Crippen LogP contribution in [0.2, 0.25) is 0 Å². The molecule has 0 unspecified atom stereocenters. The number of hydrogen-bond donors (Lipinski definition) is 1. The van der Waals surface area contributed by atoms with E-state index in [1.165, 1.54) is 0 Å². The number of hydrogen-bond acceptors (Lipinski definition) is 1. The second-order valence-corrected chi connectivity index (χ2v) is 4.97. The Kier molecular flexibility index (Phi) is 3.97. The maximum absolute atomic E-state index is 10.9. The number of carboxylic acid groups (broad SMARTS) is 1. The van der Waals surface area contributed by atoms with Crippen molar-refractivity contribution in [3.8, 4) is 0 Å². The van der Waals surface area contributed by atoms with Gasteiger partial charge in [-0.25, -0.2) is 4.79 Å². The standard InChI is InChI=1S/C10H14INO2/c1-7(2)3-4-12-6-8(11)5-9(12)10(13)14/h5-7H,3-4H2,1-2H3,(H,13,14). The van der Waals surface area contributed by atoms with Gasteiger partial charge in [-0.05, 0) is 41.0 Å². The van der Waals surface area contributed by atoms with Crippen LogP contribution in [-0.2, 0) is 6.54 Å². The van der Waals surface area contributed by atoms with Gasteiger partial charge in [-0.2, -0.15) is 0 Å². The molecule has 0 saturated heterocycles. The molecule has 4 heteroatoms. The Morgan fingerprint density at radius 2 is 2.29 bits per heavy atom. The van der Waals surface area contributed by atoms with Crippen molar-refractivity contribution in [3.05, 3.63) is 21.5 Å². The predicted octanol–water partition coefficient (Wildman–Crippen LogP) is 2.84. The monoisotopic (exact) mass is 307 g/mol. The highest BCUT2D eigenvalue weighted by atomic mass is 127. The number of aromatic nitrogens is 1. The molecule has 3 nitrogen and oxygen atoms in total. The quantitative estimate of drug-likeness (QED) is 0.869. The molecule has 14 heavy (non-hydrogen) atoms. The van der Waals surface area contributed by atoms with Crippen molar-refractivity contribution in [3.63, 3.8) is 0 Å². The summed E-state index contributed by atoms with van der Waals surface area (Å²) in [5, 5.41) is 8.92. The van der Waals surface area contributed by atoms with Gasteiger partial charge >= 0.3 is 5.97 Å². The Labute approximate surface area is 97.3 Å². The van der Waals surface area contributed by atoms with E-state index in [0.29, 0.717) is 11.6 Å². The van der Waals surface area contributed by atoms with E-state index in [1.807, 2.05) is 10.8 Å². The van der Waals surface area contributed by atoms with Crippen LogP contribution in [-0.4, -0.2) is 15.6 Å². The summed E-state index contributed by atoms with van der Waals surface area (Å²) in [7, 11) is 0. The van der Waals surface area contributed by atoms with Gasteiger partial charge in [0.1, 0.15) is 5.69 Å². The first-order valence-electron chi connectivity index (χ1n) is 4.59. The van der Waals surface area contributed by atoms with Crippen molar-refractivity contribution in [1.82, 2.24) is 4.57 Å². The molecular formula is C10H14INO2. The molecule has 1 rings (SSSR count). The van der Waals surface area contributed by atoms with Crippen LogP contribution in [0, 0.1) is 9.49 Å². The maximum Gasteiger partial charge on any atom is 0.352 e. The third-order valence-electron chi connectivity index (χ3n) is 2.03. The first-order chi connectivity index (χ1) is 6.50. The number of nitrogens with zero attached hydrogens (tertiary/aromatic N) is 1. The molecule has 0 aliphatic carbocycles. The molecule has 0 atom stereocenters. The summed E-state index contributed by atoms with van der Waals surface area (Å²) in [4.78, 5) is 10.9. The summed E-state index contributed by atoms with van der Waals surface area (Å²) in [5.74, 6) is -0.256. The van der Waals surface area contributed by atoms with Crippen molar-refractivity contribution in [1.29, 1.82) is 0 Å². The van der Waals surface area contributed by atoms with Crippen LogP contribution >= 0.6 is 22.6 Å². The molecule has 78 valence electrons. The van der Waals surface area contributed by atoms with E-state index in [2.05, 4.69) is 36.4 Å². The van der Waals surface area contributed by atoms with Crippen molar-refractivity contribution in [2.75, 3.05) is 0 Å². The van der Waals surface area contributed by atoms with Crippen molar-refractivity contribution >= 4 is 28.6 Å². The normalized spacial score (nSPS) is 10.9. The van der Waals surface area contributed by atoms with Crippen molar-refractivity contribution < 1.29 is 9.90 Å². The number of carboxylic acids is 1. The first kappa shape index (κ1) is 11.6. The van der Waals surface area contributed by atoms with Crippen LogP contribution in [0.5, 0.6) is 0 Å².